The van der Waals surface area contributed by atoms with E-state index in [-0.39, 0.29) is 12.0 Å². The van der Waals surface area contributed by atoms with E-state index in [0.717, 1.165) is 27.7 Å². The Balaban J connectivity index is 1.90. The second-order valence-electron chi connectivity index (χ2n) is 6.52. The van der Waals surface area contributed by atoms with Crippen LogP contribution in [0.2, 0.25) is 0 Å². The molecule has 0 unspecified atom stereocenters. The quantitative estimate of drug-likeness (QED) is 0.693. The molecular formula is C20H18BrNO2. The van der Waals surface area contributed by atoms with E-state index in [4.69, 9.17) is 0 Å². The van der Waals surface area contributed by atoms with E-state index in [2.05, 4.69) is 51.6 Å². The van der Waals surface area contributed by atoms with Crippen LogP contribution in [-0.2, 0) is 0 Å². The summed E-state index contributed by atoms with van der Waals surface area (Å²) in [5.41, 5.74) is 4.64. The molecule has 3 atom stereocenters. The van der Waals surface area contributed by atoms with Gasteiger partial charge in [0.2, 0.25) is 0 Å². The zero-order chi connectivity index (χ0) is 16.8. The second kappa shape index (κ2) is 5.78. The van der Waals surface area contributed by atoms with Crippen molar-refractivity contribution in [1.82, 2.24) is 0 Å². The van der Waals surface area contributed by atoms with Crippen LogP contribution in [-0.4, -0.2) is 11.1 Å². The number of aromatic carboxylic acids is 1. The lowest BCUT2D eigenvalue weighted by Crippen LogP contribution is -2.31. The summed E-state index contributed by atoms with van der Waals surface area (Å²) in [5, 5.41) is 13.3. The fourth-order valence-corrected chi connectivity index (χ4v) is 4.61. The van der Waals surface area contributed by atoms with Crippen molar-refractivity contribution in [1.29, 1.82) is 0 Å². The lowest BCUT2D eigenvalue weighted by Gasteiger charge is -2.39. The van der Waals surface area contributed by atoms with Crippen LogP contribution in [0, 0.1) is 12.8 Å². The number of fused-ring (bicyclic) bond motifs is 3. The van der Waals surface area contributed by atoms with Crippen molar-refractivity contribution < 1.29 is 9.90 Å². The first kappa shape index (κ1) is 15.5. The summed E-state index contributed by atoms with van der Waals surface area (Å²) < 4.78 is 1.09. The molecule has 2 aromatic carbocycles. The van der Waals surface area contributed by atoms with Gasteiger partial charge in [-0.25, -0.2) is 4.79 Å². The normalized spacial score (nSPS) is 24.2. The lowest BCUT2D eigenvalue weighted by molar-refractivity contribution is 0.0695. The maximum atomic E-state index is 11.7. The van der Waals surface area contributed by atoms with Crippen LogP contribution >= 0.6 is 15.9 Å². The highest BCUT2D eigenvalue weighted by Crippen LogP contribution is 2.52. The Morgan fingerprint density at radius 3 is 2.79 bits per heavy atom. The van der Waals surface area contributed by atoms with Gasteiger partial charge in [-0.05, 0) is 48.1 Å². The van der Waals surface area contributed by atoms with Gasteiger partial charge in [0.25, 0.3) is 0 Å². The monoisotopic (exact) mass is 383 g/mol. The number of carbonyl (C=O) groups is 1. The maximum Gasteiger partial charge on any atom is 0.336 e. The Morgan fingerprint density at radius 2 is 2.04 bits per heavy atom. The van der Waals surface area contributed by atoms with E-state index in [1.807, 2.05) is 19.1 Å². The van der Waals surface area contributed by atoms with Crippen LogP contribution in [0.1, 0.15) is 45.4 Å². The van der Waals surface area contributed by atoms with Crippen LogP contribution in [0.15, 0.2) is 53.0 Å². The van der Waals surface area contributed by atoms with Crippen molar-refractivity contribution in [2.24, 2.45) is 5.92 Å². The summed E-state index contributed by atoms with van der Waals surface area (Å²) in [6.45, 7) is 2.04. The summed E-state index contributed by atoms with van der Waals surface area (Å²) in [6.07, 6.45) is 5.32. The number of benzene rings is 2. The van der Waals surface area contributed by atoms with E-state index in [9.17, 15) is 9.90 Å². The van der Waals surface area contributed by atoms with Gasteiger partial charge in [0.1, 0.15) is 0 Å². The van der Waals surface area contributed by atoms with Crippen LogP contribution in [0.25, 0.3) is 0 Å². The van der Waals surface area contributed by atoms with Crippen molar-refractivity contribution in [3.8, 4) is 0 Å². The summed E-state index contributed by atoms with van der Waals surface area (Å²) in [6, 6.07) is 12.1. The Hall–Kier alpha value is -2.07. The molecule has 0 radical (unpaired) electrons. The first-order valence-electron chi connectivity index (χ1n) is 8.12. The molecule has 1 heterocycles. The van der Waals surface area contributed by atoms with Gasteiger partial charge in [0, 0.05) is 16.1 Å². The van der Waals surface area contributed by atoms with Crippen LogP contribution < -0.4 is 5.32 Å². The molecule has 0 saturated carbocycles. The molecule has 122 valence electrons. The third-order valence-electron chi connectivity index (χ3n) is 5.20. The molecule has 4 heteroatoms. The molecule has 1 aliphatic carbocycles. The molecule has 4 rings (SSSR count). The summed E-state index contributed by atoms with van der Waals surface area (Å²) >= 11 is 3.67. The Labute approximate surface area is 149 Å². The average Bonchev–Trinajstić information content (AvgIpc) is 3.05. The summed E-state index contributed by atoms with van der Waals surface area (Å²) in [5.74, 6) is -0.383. The highest BCUT2D eigenvalue weighted by atomic mass is 79.9. The van der Waals surface area contributed by atoms with Gasteiger partial charge in [-0.2, -0.15) is 0 Å². The number of carboxylic acid groups (broad SMARTS) is 1. The number of halogens is 1. The molecule has 2 aromatic rings. The largest absolute Gasteiger partial charge is 0.478 e. The molecule has 24 heavy (non-hydrogen) atoms. The number of hydrogen-bond acceptors (Lipinski definition) is 2. The van der Waals surface area contributed by atoms with E-state index >= 15 is 0 Å². The van der Waals surface area contributed by atoms with Crippen molar-refractivity contribution in [3.63, 3.8) is 0 Å². The summed E-state index contributed by atoms with van der Waals surface area (Å²) in [7, 11) is 0. The number of aryl methyl sites for hydroxylation is 1. The highest BCUT2D eigenvalue weighted by molar-refractivity contribution is 9.10. The molecule has 0 fully saturated rings. The van der Waals surface area contributed by atoms with E-state index < -0.39 is 5.97 Å². The fourth-order valence-electron chi connectivity index (χ4n) is 4.08. The molecule has 0 bridgehead atoms. The number of nitrogens with one attached hydrogen (secondary N) is 1. The maximum absolute atomic E-state index is 11.7. The van der Waals surface area contributed by atoms with Crippen molar-refractivity contribution in [2.75, 3.05) is 5.32 Å². The SMILES string of the molecule is Cc1ccc(C(=O)O)c2c1N[C@H](c1ccccc1Br)[C@H]1CC=C[C@H]21. The molecule has 2 N–H and O–H groups in total. The number of rotatable bonds is 2. The Kier molecular flexibility index (Phi) is 3.72. The predicted octanol–water partition coefficient (Wildman–Crippen LogP) is 5.28. The molecule has 3 nitrogen and oxygen atoms in total. The predicted molar refractivity (Wildman–Crippen MR) is 98.6 cm³/mol. The third-order valence-corrected chi connectivity index (χ3v) is 5.92. The number of carboxylic acids is 1. The van der Waals surface area contributed by atoms with Gasteiger partial charge in [0.15, 0.2) is 0 Å². The van der Waals surface area contributed by atoms with E-state index in [0.29, 0.717) is 11.5 Å². The van der Waals surface area contributed by atoms with Crippen LogP contribution in [0.3, 0.4) is 0 Å². The number of hydrogen-bond donors (Lipinski definition) is 2. The van der Waals surface area contributed by atoms with Crippen LogP contribution in [0.5, 0.6) is 0 Å². The van der Waals surface area contributed by atoms with Gasteiger partial charge in [-0.3, -0.25) is 0 Å². The molecule has 0 amide bonds. The van der Waals surface area contributed by atoms with Gasteiger partial charge in [-0.15, -0.1) is 0 Å². The average molecular weight is 384 g/mol. The Morgan fingerprint density at radius 1 is 1.25 bits per heavy atom. The zero-order valence-electron chi connectivity index (χ0n) is 13.3. The molecule has 0 aromatic heterocycles. The molecule has 0 saturated heterocycles. The highest BCUT2D eigenvalue weighted by Gasteiger charge is 2.40. The number of allylic oxidation sites excluding steroid dienone is 2. The molecular weight excluding hydrogens is 366 g/mol. The first-order valence-corrected chi connectivity index (χ1v) is 8.91. The third kappa shape index (κ3) is 2.28. The standard InChI is InChI=1S/C20H18BrNO2/c1-11-9-10-15(20(23)24)17-12-6-4-7-13(12)19(22-18(11)17)14-5-2-3-8-16(14)21/h2-6,8-10,12-13,19,22H,7H2,1H3,(H,23,24)/t12-,13-,19-/m0/s1. The van der Waals surface area contributed by atoms with Crippen LogP contribution in [0.4, 0.5) is 5.69 Å². The topological polar surface area (TPSA) is 49.3 Å². The number of anilines is 1. The lowest BCUT2D eigenvalue weighted by atomic mass is 9.75. The smallest absolute Gasteiger partial charge is 0.336 e. The first-order chi connectivity index (χ1) is 11.6. The minimum Gasteiger partial charge on any atom is -0.478 e. The Bertz CT molecular complexity index is 859. The minimum absolute atomic E-state index is 0.143. The zero-order valence-corrected chi connectivity index (χ0v) is 14.9. The summed E-state index contributed by atoms with van der Waals surface area (Å²) in [4.78, 5) is 11.7. The van der Waals surface area contributed by atoms with Gasteiger partial charge < -0.3 is 10.4 Å². The van der Waals surface area contributed by atoms with Gasteiger partial charge in [0.05, 0.1) is 11.6 Å². The van der Waals surface area contributed by atoms with Crippen molar-refractivity contribution >= 4 is 27.6 Å². The minimum atomic E-state index is -0.855. The van der Waals surface area contributed by atoms with Gasteiger partial charge in [-0.1, -0.05) is 52.3 Å². The fraction of sp³-hybridized carbons (Fsp3) is 0.250. The van der Waals surface area contributed by atoms with Crippen molar-refractivity contribution in [3.05, 3.63) is 75.3 Å². The van der Waals surface area contributed by atoms with E-state index in [1.165, 1.54) is 5.56 Å². The van der Waals surface area contributed by atoms with E-state index in [1.54, 1.807) is 6.07 Å². The van der Waals surface area contributed by atoms with Crippen molar-refractivity contribution in [2.45, 2.75) is 25.3 Å². The molecule has 2 aliphatic rings. The van der Waals surface area contributed by atoms with Gasteiger partial charge >= 0.3 is 5.97 Å². The molecule has 1 aliphatic heterocycles. The molecule has 0 spiro atoms. The second-order valence-corrected chi connectivity index (χ2v) is 7.38.